The molecule has 1 fully saturated rings. The van der Waals surface area contributed by atoms with Crippen LogP contribution in [0, 0.1) is 6.92 Å². The summed E-state index contributed by atoms with van der Waals surface area (Å²) in [7, 11) is -4.27. The molecule has 0 radical (unpaired) electrons. The number of nitrogens with one attached hydrogen (secondary N) is 2. The molecule has 404 valence electrons. The second-order valence-corrected chi connectivity index (χ2v) is 23.6. The zero-order chi connectivity index (χ0) is 56.0. The molecule has 0 aliphatic carbocycles. The highest BCUT2D eigenvalue weighted by Gasteiger charge is 2.55. The van der Waals surface area contributed by atoms with Gasteiger partial charge in [0.05, 0.1) is 0 Å². The standard InChI is InChI=1S/C61H57N5O10S3/c1-40-32-34-47(35-33-40)79(71,72)73-37-36-43-38-77-55-50(54(68)66(55)51(43)56(69)74-52(41-22-12-7-13-23-41)42-24-14-8-15-25-42)63-53(67)49(65-76-60(5,6)57(70)75-59(2,3)4)48-39-78-58(62-48)64-61(44-26-16-9-17-27-44,45-28-18-10-19-29-45)46-30-20-11-21-31-46/h7-37,39,50,52,55H,38H2,1-6H3,(H,62,64)(H,63,67). The van der Waals surface area contributed by atoms with Gasteiger partial charge in [-0.15, -0.1) is 23.1 Å². The quantitative estimate of drug-likeness (QED) is 0.0148. The first-order valence-corrected chi connectivity index (χ1v) is 28.5. The van der Waals surface area contributed by atoms with E-state index in [9.17, 15) is 27.6 Å². The molecule has 2 unspecified atom stereocenters. The first kappa shape index (κ1) is 55.4. The van der Waals surface area contributed by atoms with Crippen molar-refractivity contribution in [3.05, 3.63) is 244 Å². The van der Waals surface area contributed by atoms with Gasteiger partial charge in [0.2, 0.25) is 5.60 Å². The topological polar surface area (TPSA) is 192 Å². The lowest BCUT2D eigenvalue weighted by molar-refractivity contribution is -0.179. The first-order chi connectivity index (χ1) is 37.8. The van der Waals surface area contributed by atoms with E-state index < -0.39 is 68.1 Å². The molecule has 0 bridgehead atoms. The number of oxime groups is 1. The third-order valence-electron chi connectivity index (χ3n) is 12.8. The average Bonchev–Trinajstić information content (AvgIpc) is 4.08. The Morgan fingerprint density at radius 2 is 1.27 bits per heavy atom. The zero-order valence-corrected chi connectivity index (χ0v) is 46.5. The van der Waals surface area contributed by atoms with Crippen LogP contribution < -0.4 is 10.6 Å². The molecule has 0 saturated carbocycles. The Morgan fingerprint density at radius 1 is 0.747 bits per heavy atom. The summed E-state index contributed by atoms with van der Waals surface area (Å²) in [6.07, 6.45) is 1.36. The minimum absolute atomic E-state index is 0.0537. The fourth-order valence-corrected chi connectivity index (χ4v) is 11.7. The van der Waals surface area contributed by atoms with E-state index in [1.165, 1.54) is 60.1 Å². The van der Waals surface area contributed by atoms with Gasteiger partial charge in [-0.25, -0.2) is 14.6 Å². The van der Waals surface area contributed by atoms with Gasteiger partial charge in [0.25, 0.3) is 11.8 Å². The van der Waals surface area contributed by atoms with Crippen molar-refractivity contribution in [3.8, 4) is 0 Å². The van der Waals surface area contributed by atoms with Crippen LogP contribution in [0.15, 0.2) is 215 Å². The number of esters is 2. The van der Waals surface area contributed by atoms with Crippen LogP contribution in [0.4, 0.5) is 5.13 Å². The molecule has 1 saturated heterocycles. The lowest BCUT2D eigenvalue weighted by Gasteiger charge is -2.49. The summed E-state index contributed by atoms with van der Waals surface area (Å²) in [4.78, 5) is 69.8. The lowest BCUT2D eigenvalue weighted by Crippen LogP contribution is -2.71. The maximum Gasteiger partial charge on any atom is 0.356 e. The fourth-order valence-electron chi connectivity index (χ4n) is 8.84. The lowest BCUT2D eigenvalue weighted by atomic mass is 9.77. The van der Waals surface area contributed by atoms with Crippen molar-refractivity contribution >= 4 is 67.8 Å². The number of anilines is 1. The Morgan fingerprint density at radius 3 is 1.78 bits per heavy atom. The monoisotopic (exact) mass is 1120 g/mol. The third-order valence-corrected chi connectivity index (χ3v) is 16.1. The Kier molecular flexibility index (Phi) is 16.4. The number of fused-ring (bicyclic) bond motifs is 1. The summed E-state index contributed by atoms with van der Waals surface area (Å²) < 4.78 is 43.7. The SMILES string of the molecule is Cc1ccc(S(=O)(=O)OC=CC2=C(C(=O)OC(c3ccccc3)c3ccccc3)N3C(=O)C(NC(=O)C(=NOC(C)(C)C(=O)OC(C)(C)C)c4csc(NC(c5ccccc5)(c5ccccc5)c5ccccc5)n4)C3SC2)cc1. The van der Waals surface area contributed by atoms with E-state index >= 15 is 0 Å². The van der Waals surface area contributed by atoms with Crippen molar-refractivity contribution in [2.24, 2.45) is 5.16 Å². The van der Waals surface area contributed by atoms with Crippen LogP contribution in [-0.2, 0) is 53.3 Å². The molecular weight excluding hydrogens is 1060 g/mol. The summed E-state index contributed by atoms with van der Waals surface area (Å²) in [6.45, 7) is 9.87. The average molecular weight is 1120 g/mol. The molecule has 79 heavy (non-hydrogen) atoms. The van der Waals surface area contributed by atoms with Gasteiger partial charge in [0.1, 0.15) is 45.1 Å². The number of aryl methyl sites for hydroxylation is 1. The summed E-state index contributed by atoms with van der Waals surface area (Å²) in [6, 6.07) is 52.8. The minimum Gasteiger partial charge on any atom is -0.457 e. The largest absolute Gasteiger partial charge is 0.457 e. The van der Waals surface area contributed by atoms with Crippen LogP contribution in [0.1, 0.15) is 79.8 Å². The van der Waals surface area contributed by atoms with E-state index in [4.69, 9.17) is 23.5 Å². The molecule has 3 heterocycles. The fraction of sp³-hybridized carbons (Fsp3) is 0.213. The number of carbonyl (C=O) groups is 4. The van der Waals surface area contributed by atoms with E-state index in [1.807, 2.05) is 159 Å². The number of aromatic nitrogens is 1. The number of hydrogen-bond acceptors (Lipinski definition) is 15. The van der Waals surface area contributed by atoms with E-state index in [-0.39, 0.29) is 33.3 Å². The van der Waals surface area contributed by atoms with E-state index in [2.05, 4.69) is 15.8 Å². The Labute approximate surface area is 467 Å². The number of amides is 2. The first-order valence-electron chi connectivity index (χ1n) is 25.2. The molecule has 1 aromatic heterocycles. The van der Waals surface area contributed by atoms with Crippen LogP contribution in [-0.4, -0.2) is 76.1 Å². The van der Waals surface area contributed by atoms with Crippen molar-refractivity contribution < 1.29 is 46.1 Å². The van der Waals surface area contributed by atoms with Gasteiger partial charge in [-0.3, -0.25) is 14.5 Å². The number of thioether (sulfide) groups is 1. The molecule has 15 nitrogen and oxygen atoms in total. The van der Waals surface area contributed by atoms with Crippen molar-refractivity contribution in [1.29, 1.82) is 0 Å². The molecular formula is C61H57N5O10S3. The highest BCUT2D eigenvalue weighted by atomic mass is 32.2. The summed E-state index contributed by atoms with van der Waals surface area (Å²) in [5.74, 6) is -3.14. The zero-order valence-electron chi connectivity index (χ0n) is 44.1. The number of β-lactam (4-membered cyclic amide) rings is 1. The van der Waals surface area contributed by atoms with Crippen molar-refractivity contribution in [2.45, 2.75) is 80.7 Å². The van der Waals surface area contributed by atoms with Gasteiger partial charge >= 0.3 is 22.1 Å². The number of hydrogen-bond donors (Lipinski definition) is 2. The van der Waals surface area contributed by atoms with Crippen LogP contribution in [0.3, 0.4) is 0 Å². The van der Waals surface area contributed by atoms with Crippen molar-refractivity contribution in [3.63, 3.8) is 0 Å². The van der Waals surface area contributed by atoms with Gasteiger partial charge in [0.15, 0.2) is 16.9 Å². The van der Waals surface area contributed by atoms with Gasteiger partial charge in [0, 0.05) is 11.1 Å². The highest BCUT2D eigenvalue weighted by molar-refractivity contribution is 8.00. The predicted octanol–water partition coefficient (Wildman–Crippen LogP) is 10.6. The van der Waals surface area contributed by atoms with Crippen LogP contribution in [0.2, 0.25) is 0 Å². The van der Waals surface area contributed by atoms with Crippen LogP contribution >= 0.6 is 23.1 Å². The number of carbonyl (C=O) groups excluding carboxylic acids is 4. The molecule has 2 amide bonds. The smallest absolute Gasteiger partial charge is 0.356 e. The summed E-state index contributed by atoms with van der Waals surface area (Å²) in [5, 5.41) is 12.0. The predicted molar refractivity (Wildman–Crippen MR) is 304 cm³/mol. The van der Waals surface area contributed by atoms with E-state index in [0.717, 1.165) is 28.5 Å². The van der Waals surface area contributed by atoms with Crippen LogP contribution in [0.25, 0.3) is 0 Å². The maximum absolute atomic E-state index is 14.9. The third kappa shape index (κ3) is 12.4. The summed E-state index contributed by atoms with van der Waals surface area (Å²) in [5.41, 5.74) is 1.06. The number of allylic oxidation sites excluding steroid dienone is 1. The van der Waals surface area contributed by atoms with Crippen molar-refractivity contribution in [2.75, 3.05) is 11.1 Å². The molecule has 2 aliphatic heterocycles. The molecule has 9 rings (SSSR count). The number of thiazole rings is 1. The Balaban J connectivity index is 1.05. The van der Waals surface area contributed by atoms with Gasteiger partial charge in [-0.05, 0) is 93.1 Å². The number of rotatable bonds is 19. The molecule has 0 spiro atoms. The normalized spacial score (nSPS) is 16.0. The van der Waals surface area contributed by atoms with Crippen LogP contribution in [0.5, 0.6) is 0 Å². The number of nitrogens with zero attached hydrogens (tertiary/aromatic N) is 3. The van der Waals surface area contributed by atoms with Gasteiger partial charge in [-0.2, -0.15) is 8.42 Å². The Hall–Kier alpha value is -8.32. The second-order valence-electron chi connectivity index (χ2n) is 20.1. The highest BCUT2D eigenvalue weighted by Crippen LogP contribution is 2.43. The van der Waals surface area contributed by atoms with E-state index in [0.29, 0.717) is 16.3 Å². The molecule has 2 N–H and O–H groups in total. The molecule has 18 heteroatoms. The molecule has 2 atom stereocenters. The number of benzene rings is 6. The second kappa shape index (κ2) is 23.3. The van der Waals surface area contributed by atoms with Gasteiger partial charge in [-0.1, -0.05) is 175 Å². The number of ether oxygens (including phenoxy) is 2. The molecule has 2 aliphatic rings. The van der Waals surface area contributed by atoms with E-state index in [1.54, 1.807) is 38.3 Å². The molecule has 7 aromatic rings. The van der Waals surface area contributed by atoms with Crippen molar-refractivity contribution in [1.82, 2.24) is 15.2 Å². The summed E-state index contributed by atoms with van der Waals surface area (Å²) >= 11 is 2.42. The van der Waals surface area contributed by atoms with Gasteiger partial charge < -0.3 is 29.1 Å². The Bertz CT molecular complexity index is 3400. The minimum atomic E-state index is -4.27. The molecule has 6 aromatic carbocycles. The maximum atomic E-state index is 14.9.